The summed E-state index contributed by atoms with van der Waals surface area (Å²) < 4.78 is 32.9. The Bertz CT molecular complexity index is 739. The Hall–Kier alpha value is -1.02. The molecule has 0 aliphatic rings. The monoisotopic (exact) mass is 392 g/mol. The van der Waals surface area contributed by atoms with Gasteiger partial charge in [-0.2, -0.15) is 0 Å². The van der Waals surface area contributed by atoms with Crippen molar-refractivity contribution in [2.45, 2.75) is 18.4 Å². The molecule has 114 valence electrons. The first-order valence-corrected chi connectivity index (χ1v) is 8.71. The van der Waals surface area contributed by atoms with E-state index in [1.165, 1.54) is 6.07 Å². The Labute approximate surface area is 136 Å². The Morgan fingerprint density at radius 2 is 2.10 bits per heavy atom. The van der Waals surface area contributed by atoms with Crippen molar-refractivity contribution in [1.82, 2.24) is 5.32 Å². The van der Waals surface area contributed by atoms with Gasteiger partial charge in [0.1, 0.15) is 10.7 Å². The standard InChI is InChI=1S/C13H14BrClN2O3S/c1-8-4-3-5-10(15)12(8)17-21(18,19)11-6-9(7-16-2)20-13(11)14/h3-6,16-17H,7H2,1-2H3. The van der Waals surface area contributed by atoms with Crippen LogP contribution in [0.4, 0.5) is 5.69 Å². The molecule has 8 heteroatoms. The lowest BCUT2D eigenvalue weighted by molar-refractivity contribution is 0.470. The van der Waals surface area contributed by atoms with Crippen LogP contribution in [0.3, 0.4) is 0 Å². The van der Waals surface area contributed by atoms with Crippen molar-refractivity contribution in [3.05, 3.63) is 45.3 Å². The second-order valence-corrected chi connectivity index (χ2v) is 7.20. The predicted octanol–water partition coefficient (Wildman–Crippen LogP) is 3.52. The molecule has 0 aliphatic carbocycles. The van der Waals surface area contributed by atoms with Gasteiger partial charge in [-0.3, -0.25) is 4.72 Å². The van der Waals surface area contributed by atoms with Crippen LogP contribution in [0, 0.1) is 6.92 Å². The molecule has 0 saturated heterocycles. The zero-order valence-electron chi connectivity index (χ0n) is 11.4. The van der Waals surface area contributed by atoms with Gasteiger partial charge in [0.25, 0.3) is 10.0 Å². The molecular formula is C13H14BrClN2O3S. The van der Waals surface area contributed by atoms with Crippen LogP contribution in [0.15, 0.2) is 38.2 Å². The highest BCUT2D eigenvalue weighted by molar-refractivity contribution is 9.10. The van der Waals surface area contributed by atoms with E-state index in [2.05, 4.69) is 26.0 Å². The first-order valence-electron chi connectivity index (χ1n) is 6.06. The Kier molecular flexibility index (Phi) is 4.98. The molecule has 0 amide bonds. The quantitative estimate of drug-likeness (QED) is 0.815. The molecule has 5 nitrogen and oxygen atoms in total. The van der Waals surface area contributed by atoms with E-state index < -0.39 is 10.0 Å². The summed E-state index contributed by atoms with van der Waals surface area (Å²) in [6, 6.07) is 6.63. The summed E-state index contributed by atoms with van der Waals surface area (Å²) in [6.07, 6.45) is 0. The molecule has 0 atom stereocenters. The first kappa shape index (κ1) is 16.4. The number of para-hydroxylation sites is 1. The van der Waals surface area contributed by atoms with Crippen LogP contribution in [-0.4, -0.2) is 15.5 Å². The summed E-state index contributed by atoms with van der Waals surface area (Å²) in [6.45, 7) is 2.21. The fourth-order valence-corrected chi connectivity index (χ4v) is 4.27. The first-order chi connectivity index (χ1) is 9.85. The summed E-state index contributed by atoms with van der Waals surface area (Å²) in [7, 11) is -2.04. The van der Waals surface area contributed by atoms with Crippen molar-refractivity contribution < 1.29 is 12.8 Å². The average molecular weight is 394 g/mol. The molecule has 0 bridgehead atoms. The van der Waals surface area contributed by atoms with Crippen molar-refractivity contribution in [1.29, 1.82) is 0 Å². The van der Waals surface area contributed by atoms with E-state index >= 15 is 0 Å². The topological polar surface area (TPSA) is 71.3 Å². The highest BCUT2D eigenvalue weighted by Gasteiger charge is 2.23. The van der Waals surface area contributed by atoms with Gasteiger partial charge < -0.3 is 9.73 Å². The lowest BCUT2D eigenvalue weighted by atomic mass is 10.2. The molecule has 2 rings (SSSR count). The minimum atomic E-state index is -3.79. The van der Waals surface area contributed by atoms with Gasteiger partial charge in [0.05, 0.1) is 17.3 Å². The van der Waals surface area contributed by atoms with Crippen molar-refractivity contribution >= 4 is 43.2 Å². The van der Waals surface area contributed by atoms with Crippen LogP contribution in [0.2, 0.25) is 5.02 Å². The molecular weight excluding hydrogens is 380 g/mol. The van der Waals surface area contributed by atoms with E-state index in [-0.39, 0.29) is 9.56 Å². The van der Waals surface area contributed by atoms with E-state index in [0.717, 1.165) is 5.56 Å². The third-order valence-electron chi connectivity index (χ3n) is 2.81. The van der Waals surface area contributed by atoms with Gasteiger partial charge in [-0.05, 0) is 41.5 Å². The summed E-state index contributed by atoms with van der Waals surface area (Å²) >= 11 is 9.17. The molecule has 0 aliphatic heterocycles. The number of nitrogens with one attached hydrogen (secondary N) is 2. The summed E-state index contributed by atoms with van der Waals surface area (Å²) in [5.74, 6) is 0.514. The van der Waals surface area contributed by atoms with Gasteiger partial charge in [0, 0.05) is 6.07 Å². The third kappa shape index (κ3) is 3.60. The zero-order valence-corrected chi connectivity index (χ0v) is 14.6. The molecule has 2 N–H and O–H groups in total. The summed E-state index contributed by atoms with van der Waals surface area (Å²) in [4.78, 5) is 0.0343. The Morgan fingerprint density at radius 1 is 1.38 bits per heavy atom. The maximum atomic E-state index is 12.5. The molecule has 1 aromatic carbocycles. The van der Waals surface area contributed by atoms with E-state index in [9.17, 15) is 8.42 Å². The largest absolute Gasteiger partial charge is 0.451 e. The number of rotatable bonds is 5. The second kappa shape index (κ2) is 6.39. The summed E-state index contributed by atoms with van der Waals surface area (Å²) in [5, 5.41) is 3.23. The molecule has 2 aromatic rings. The SMILES string of the molecule is CNCc1cc(S(=O)(=O)Nc2c(C)cccc2Cl)c(Br)o1. The van der Waals surface area contributed by atoms with Crippen molar-refractivity contribution in [2.75, 3.05) is 11.8 Å². The van der Waals surface area contributed by atoms with Gasteiger partial charge in [-0.15, -0.1) is 0 Å². The molecule has 1 heterocycles. The van der Waals surface area contributed by atoms with Crippen molar-refractivity contribution in [3.63, 3.8) is 0 Å². The van der Waals surface area contributed by atoms with Crippen LogP contribution in [-0.2, 0) is 16.6 Å². The van der Waals surface area contributed by atoms with E-state index in [1.54, 1.807) is 32.2 Å². The van der Waals surface area contributed by atoms with E-state index in [1.807, 2.05) is 0 Å². The minimum Gasteiger partial charge on any atom is -0.451 e. The van der Waals surface area contributed by atoms with Crippen LogP contribution < -0.4 is 10.0 Å². The van der Waals surface area contributed by atoms with E-state index in [4.69, 9.17) is 16.0 Å². The average Bonchev–Trinajstić information content (AvgIpc) is 2.76. The maximum Gasteiger partial charge on any atom is 0.266 e. The fourth-order valence-electron chi connectivity index (χ4n) is 1.79. The third-order valence-corrected chi connectivity index (χ3v) is 5.33. The van der Waals surface area contributed by atoms with Crippen LogP contribution in [0.5, 0.6) is 0 Å². The van der Waals surface area contributed by atoms with E-state index in [0.29, 0.717) is 23.0 Å². The van der Waals surface area contributed by atoms with Crippen LogP contribution in [0.25, 0.3) is 0 Å². The highest BCUT2D eigenvalue weighted by Crippen LogP contribution is 2.31. The number of anilines is 1. The Morgan fingerprint density at radius 3 is 2.71 bits per heavy atom. The van der Waals surface area contributed by atoms with Crippen molar-refractivity contribution in [2.24, 2.45) is 0 Å². The van der Waals surface area contributed by atoms with Crippen LogP contribution >= 0.6 is 27.5 Å². The van der Waals surface area contributed by atoms with Crippen LogP contribution in [0.1, 0.15) is 11.3 Å². The number of furan rings is 1. The molecule has 0 fully saturated rings. The van der Waals surface area contributed by atoms with Gasteiger partial charge in [-0.25, -0.2) is 8.42 Å². The lowest BCUT2D eigenvalue weighted by Crippen LogP contribution is -2.14. The van der Waals surface area contributed by atoms with Gasteiger partial charge in [0.2, 0.25) is 0 Å². The highest BCUT2D eigenvalue weighted by atomic mass is 79.9. The predicted molar refractivity (Wildman–Crippen MR) is 86.2 cm³/mol. The Balaban J connectivity index is 2.39. The molecule has 21 heavy (non-hydrogen) atoms. The number of hydrogen-bond acceptors (Lipinski definition) is 4. The second-order valence-electron chi connectivity index (χ2n) is 4.42. The zero-order chi connectivity index (χ0) is 15.6. The number of sulfonamides is 1. The molecule has 0 spiro atoms. The normalized spacial score (nSPS) is 11.6. The molecule has 0 radical (unpaired) electrons. The number of halogens is 2. The smallest absolute Gasteiger partial charge is 0.266 e. The fraction of sp³-hybridized carbons (Fsp3) is 0.231. The summed E-state index contributed by atoms with van der Waals surface area (Å²) in [5.41, 5.74) is 1.10. The molecule has 1 aromatic heterocycles. The number of aryl methyl sites for hydroxylation is 1. The lowest BCUT2D eigenvalue weighted by Gasteiger charge is -2.11. The van der Waals surface area contributed by atoms with Gasteiger partial charge >= 0.3 is 0 Å². The molecule has 0 saturated carbocycles. The number of hydrogen-bond donors (Lipinski definition) is 2. The minimum absolute atomic E-state index is 0.0343. The van der Waals surface area contributed by atoms with Gasteiger partial charge in [0.15, 0.2) is 4.67 Å². The number of benzene rings is 1. The molecule has 0 unspecified atom stereocenters. The van der Waals surface area contributed by atoms with Gasteiger partial charge in [-0.1, -0.05) is 23.7 Å². The maximum absolute atomic E-state index is 12.5. The van der Waals surface area contributed by atoms with Crippen molar-refractivity contribution in [3.8, 4) is 0 Å².